The number of anilines is 3. The zero-order chi connectivity index (χ0) is 28.8. The molecule has 1 aliphatic heterocycles. The maximum absolute atomic E-state index is 5.40. The summed E-state index contributed by atoms with van der Waals surface area (Å²) in [5, 5.41) is 7.48. The first-order valence-electron chi connectivity index (χ1n) is 14.8. The van der Waals surface area contributed by atoms with Crippen LogP contribution in [0.3, 0.4) is 0 Å². The highest BCUT2D eigenvalue weighted by Crippen LogP contribution is 2.54. The molecule has 0 amide bonds. The van der Waals surface area contributed by atoms with E-state index in [4.69, 9.17) is 9.97 Å². The lowest BCUT2D eigenvalue weighted by Gasteiger charge is -2.34. The molecule has 0 bridgehead atoms. The van der Waals surface area contributed by atoms with Crippen LogP contribution in [0.2, 0.25) is 0 Å². The SMILES string of the molecule is c1ccc2c3c(ccc2c1)N(c1nc2ccccc2nc1-c1ccc2c(c1)sc1ccccc12)c1cccc2cccc-3c12. The summed E-state index contributed by atoms with van der Waals surface area (Å²) >= 11 is 1.83. The number of nitrogens with zero attached hydrogens (tertiary/aromatic N) is 3. The first kappa shape index (κ1) is 23.9. The molecule has 0 aliphatic carbocycles. The second-order valence-corrected chi connectivity index (χ2v) is 12.5. The molecular weight excluding hydrogens is 555 g/mol. The molecule has 7 aromatic carbocycles. The predicted octanol–water partition coefficient (Wildman–Crippen LogP) is 11.4. The Morgan fingerprint density at radius 2 is 1.23 bits per heavy atom. The van der Waals surface area contributed by atoms with Gasteiger partial charge in [-0.15, -0.1) is 11.3 Å². The molecule has 3 heterocycles. The molecule has 204 valence electrons. The fourth-order valence-electron chi connectivity index (χ4n) is 7.02. The Labute approximate surface area is 257 Å². The lowest BCUT2D eigenvalue weighted by molar-refractivity contribution is 1.18. The first-order chi connectivity index (χ1) is 21.8. The van der Waals surface area contributed by atoms with Crippen molar-refractivity contribution in [3.63, 3.8) is 0 Å². The number of hydrogen-bond donors (Lipinski definition) is 0. The molecule has 0 saturated carbocycles. The second-order valence-electron chi connectivity index (χ2n) is 11.4. The molecule has 0 N–H and O–H groups in total. The molecule has 44 heavy (non-hydrogen) atoms. The van der Waals surface area contributed by atoms with Crippen LogP contribution in [0.4, 0.5) is 17.2 Å². The Hall–Kier alpha value is -5.58. The monoisotopic (exact) mass is 577 g/mol. The van der Waals surface area contributed by atoms with Crippen molar-refractivity contribution in [2.24, 2.45) is 0 Å². The van der Waals surface area contributed by atoms with Crippen LogP contribution in [0.5, 0.6) is 0 Å². The van der Waals surface area contributed by atoms with Gasteiger partial charge < -0.3 is 0 Å². The third-order valence-corrected chi connectivity index (χ3v) is 10.1. The van der Waals surface area contributed by atoms with Crippen LogP contribution in [0.15, 0.2) is 140 Å². The Morgan fingerprint density at radius 3 is 2.14 bits per heavy atom. The van der Waals surface area contributed by atoms with Crippen molar-refractivity contribution < 1.29 is 0 Å². The molecule has 2 aromatic heterocycles. The van der Waals surface area contributed by atoms with Gasteiger partial charge in [0.05, 0.1) is 22.4 Å². The Balaban J connectivity index is 1.33. The fourth-order valence-corrected chi connectivity index (χ4v) is 8.16. The maximum Gasteiger partial charge on any atom is 0.165 e. The van der Waals surface area contributed by atoms with E-state index in [0.29, 0.717) is 0 Å². The van der Waals surface area contributed by atoms with Crippen LogP contribution in [-0.2, 0) is 0 Å². The molecule has 4 heteroatoms. The van der Waals surface area contributed by atoms with Gasteiger partial charge in [-0.05, 0) is 58.1 Å². The van der Waals surface area contributed by atoms with Gasteiger partial charge in [0.15, 0.2) is 5.82 Å². The number of para-hydroxylation sites is 2. The van der Waals surface area contributed by atoms with Crippen LogP contribution < -0.4 is 4.90 Å². The quantitative estimate of drug-likeness (QED) is 0.205. The molecule has 0 atom stereocenters. The number of aromatic nitrogens is 2. The van der Waals surface area contributed by atoms with Crippen LogP contribution in [-0.4, -0.2) is 9.97 Å². The van der Waals surface area contributed by atoms with Gasteiger partial charge in [-0.1, -0.05) is 103 Å². The third kappa shape index (κ3) is 3.31. The number of fused-ring (bicyclic) bond motifs is 8. The summed E-state index contributed by atoms with van der Waals surface area (Å²) < 4.78 is 2.55. The van der Waals surface area contributed by atoms with E-state index in [1.54, 1.807) is 0 Å². The van der Waals surface area contributed by atoms with E-state index >= 15 is 0 Å². The normalized spacial score (nSPS) is 12.5. The lowest BCUT2D eigenvalue weighted by atomic mass is 9.88. The average Bonchev–Trinajstić information content (AvgIpc) is 3.46. The molecule has 0 radical (unpaired) electrons. The van der Waals surface area contributed by atoms with Crippen molar-refractivity contribution in [3.8, 4) is 22.4 Å². The minimum atomic E-state index is 0.836. The number of rotatable bonds is 2. The van der Waals surface area contributed by atoms with Crippen LogP contribution in [0.25, 0.3) is 75.1 Å². The van der Waals surface area contributed by atoms with Crippen molar-refractivity contribution in [1.29, 1.82) is 0 Å². The largest absolute Gasteiger partial charge is 0.292 e. The highest BCUT2D eigenvalue weighted by molar-refractivity contribution is 7.25. The molecular formula is C40H23N3S. The van der Waals surface area contributed by atoms with E-state index in [9.17, 15) is 0 Å². The topological polar surface area (TPSA) is 29.0 Å². The van der Waals surface area contributed by atoms with Gasteiger partial charge in [0, 0.05) is 36.7 Å². The number of hydrogen-bond acceptors (Lipinski definition) is 4. The molecule has 0 saturated heterocycles. The number of thiophene rings is 1. The third-order valence-electron chi connectivity index (χ3n) is 8.96. The van der Waals surface area contributed by atoms with E-state index in [-0.39, 0.29) is 0 Å². The molecule has 0 spiro atoms. The standard InChI is InChI=1S/C40H23N3S/c1-2-12-27-24(9-1)20-22-34-38(27)30-14-7-10-25-11-8-17-33(37(25)30)43(34)40-39(41-31-15-4-5-16-32(31)42-40)26-19-21-29-28-13-3-6-18-35(28)44-36(29)23-26/h1-23H. The molecule has 0 fully saturated rings. The maximum atomic E-state index is 5.40. The zero-order valence-electron chi connectivity index (χ0n) is 23.5. The van der Waals surface area contributed by atoms with E-state index in [0.717, 1.165) is 39.5 Å². The highest BCUT2D eigenvalue weighted by atomic mass is 32.1. The molecule has 0 unspecified atom stereocenters. The van der Waals surface area contributed by atoms with Gasteiger partial charge in [0.1, 0.15) is 5.69 Å². The fraction of sp³-hybridized carbons (Fsp3) is 0. The summed E-state index contributed by atoms with van der Waals surface area (Å²) in [7, 11) is 0. The average molecular weight is 578 g/mol. The predicted molar refractivity (Wildman–Crippen MR) is 187 cm³/mol. The second kappa shape index (κ2) is 8.96. The minimum absolute atomic E-state index is 0.836. The van der Waals surface area contributed by atoms with Crippen molar-refractivity contribution in [2.75, 3.05) is 4.90 Å². The van der Waals surface area contributed by atoms with Crippen molar-refractivity contribution >= 4 is 81.3 Å². The highest BCUT2D eigenvalue weighted by Gasteiger charge is 2.30. The van der Waals surface area contributed by atoms with Gasteiger partial charge in [-0.25, -0.2) is 9.97 Å². The van der Waals surface area contributed by atoms with Crippen LogP contribution in [0, 0.1) is 0 Å². The van der Waals surface area contributed by atoms with Crippen LogP contribution in [0.1, 0.15) is 0 Å². The summed E-state index contributed by atoms with van der Waals surface area (Å²) in [5.74, 6) is 0.836. The first-order valence-corrected chi connectivity index (χ1v) is 15.7. The zero-order valence-corrected chi connectivity index (χ0v) is 24.3. The summed E-state index contributed by atoms with van der Waals surface area (Å²) in [6.07, 6.45) is 0. The van der Waals surface area contributed by atoms with E-state index in [1.807, 2.05) is 23.5 Å². The van der Waals surface area contributed by atoms with Gasteiger partial charge in [0.25, 0.3) is 0 Å². The van der Waals surface area contributed by atoms with E-state index in [2.05, 4.69) is 132 Å². The van der Waals surface area contributed by atoms with Gasteiger partial charge in [-0.3, -0.25) is 4.90 Å². The van der Waals surface area contributed by atoms with E-state index < -0.39 is 0 Å². The number of benzene rings is 7. The van der Waals surface area contributed by atoms with Gasteiger partial charge in [-0.2, -0.15) is 0 Å². The Morgan fingerprint density at radius 1 is 0.500 bits per heavy atom. The summed E-state index contributed by atoms with van der Waals surface area (Å²) in [6.45, 7) is 0. The van der Waals surface area contributed by atoms with Crippen molar-refractivity contribution in [3.05, 3.63) is 140 Å². The van der Waals surface area contributed by atoms with Crippen molar-refractivity contribution in [1.82, 2.24) is 9.97 Å². The van der Waals surface area contributed by atoms with Gasteiger partial charge >= 0.3 is 0 Å². The molecule has 3 nitrogen and oxygen atoms in total. The smallest absolute Gasteiger partial charge is 0.165 e. The molecule has 9 aromatic rings. The summed E-state index contributed by atoms with van der Waals surface area (Å²) in [6, 6.07) is 50.0. The Bertz CT molecular complexity index is 2630. The summed E-state index contributed by atoms with van der Waals surface area (Å²) in [5.41, 5.74) is 8.42. The van der Waals surface area contributed by atoms with Gasteiger partial charge in [0.2, 0.25) is 0 Å². The molecule has 10 rings (SSSR count). The van der Waals surface area contributed by atoms with Crippen LogP contribution >= 0.6 is 11.3 Å². The Kier molecular flexibility index (Phi) is 4.87. The lowest BCUT2D eigenvalue weighted by Crippen LogP contribution is -2.18. The van der Waals surface area contributed by atoms with Crippen molar-refractivity contribution in [2.45, 2.75) is 0 Å². The minimum Gasteiger partial charge on any atom is -0.292 e. The molecule has 1 aliphatic rings. The van der Waals surface area contributed by atoms with E-state index in [1.165, 1.54) is 52.8 Å². The summed E-state index contributed by atoms with van der Waals surface area (Å²) in [4.78, 5) is 13.1.